The number of fused-ring (bicyclic) bond motifs is 5. The van der Waals surface area contributed by atoms with Gasteiger partial charge in [0.15, 0.2) is 5.69 Å². The molecular weight excluding hydrogens is 346 g/mol. The molecule has 5 heteroatoms. The lowest BCUT2D eigenvalue weighted by atomic mass is 9.95. The highest BCUT2D eigenvalue weighted by molar-refractivity contribution is 6.30. The molecule has 2 aromatic carbocycles. The topological polar surface area (TPSA) is 46.9 Å². The molecule has 2 atom stereocenters. The Morgan fingerprint density at radius 1 is 1.04 bits per heavy atom. The normalized spacial score (nSPS) is 20.2. The van der Waals surface area contributed by atoms with Crippen molar-refractivity contribution in [2.75, 3.05) is 5.32 Å². The van der Waals surface area contributed by atoms with E-state index in [0.29, 0.717) is 22.6 Å². The summed E-state index contributed by atoms with van der Waals surface area (Å²) in [6, 6.07) is 17.2. The molecule has 26 heavy (non-hydrogen) atoms. The van der Waals surface area contributed by atoms with Crippen LogP contribution in [0.2, 0.25) is 5.02 Å². The van der Waals surface area contributed by atoms with Crippen LogP contribution in [0.15, 0.2) is 54.6 Å². The van der Waals surface area contributed by atoms with Gasteiger partial charge in [0.2, 0.25) is 0 Å². The van der Waals surface area contributed by atoms with Crippen molar-refractivity contribution in [1.29, 1.82) is 0 Å². The van der Waals surface area contributed by atoms with Crippen molar-refractivity contribution in [3.05, 3.63) is 76.6 Å². The largest absolute Gasteiger partial charge is 0.321 e. The quantitative estimate of drug-likeness (QED) is 0.700. The van der Waals surface area contributed by atoms with Crippen molar-refractivity contribution in [3.63, 3.8) is 0 Å². The van der Waals surface area contributed by atoms with Gasteiger partial charge >= 0.3 is 0 Å². The zero-order valence-electron chi connectivity index (χ0n) is 14.2. The molecule has 1 fully saturated rings. The van der Waals surface area contributed by atoms with Gasteiger partial charge in [-0.15, -0.1) is 0 Å². The number of amides is 1. The molecule has 1 amide bonds. The van der Waals surface area contributed by atoms with Crippen molar-refractivity contribution >= 4 is 23.2 Å². The number of carbonyl (C=O) groups is 1. The Morgan fingerprint density at radius 2 is 1.77 bits per heavy atom. The third kappa shape index (κ3) is 2.44. The van der Waals surface area contributed by atoms with Gasteiger partial charge in [0.25, 0.3) is 5.91 Å². The van der Waals surface area contributed by atoms with Crippen molar-refractivity contribution in [3.8, 4) is 5.69 Å². The van der Waals surface area contributed by atoms with Gasteiger partial charge in [-0.2, -0.15) is 5.10 Å². The lowest BCUT2D eigenvalue weighted by Gasteiger charge is -2.14. The van der Waals surface area contributed by atoms with Crippen molar-refractivity contribution in [2.45, 2.75) is 31.1 Å². The molecule has 0 radical (unpaired) electrons. The van der Waals surface area contributed by atoms with Gasteiger partial charge < -0.3 is 5.32 Å². The third-order valence-electron chi connectivity index (χ3n) is 5.50. The molecule has 2 bridgehead atoms. The van der Waals surface area contributed by atoms with Crippen molar-refractivity contribution in [1.82, 2.24) is 9.78 Å². The summed E-state index contributed by atoms with van der Waals surface area (Å²) < 4.78 is 1.95. The fourth-order valence-corrected chi connectivity index (χ4v) is 4.52. The minimum Gasteiger partial charge on any atom is -0.321 e. The number of aromatic nitrogens is 2. The first-order valence-electron chi connectivity index (χ1n) is 8.96. The Hall–Kier alpha value is -2.59. The van der Waals surface area contributed by atoms with Crippen molar-refractivity contribution < 1.29 is 4.79 Å². The summed E-state index contributed by atoms with van der Waals surface area (Å²) in [5.41, 5.74) is 4.66. The molecular formula is C21H18ClN3O. The number of rotatable bonds is 3. The lowest BCUT2D eigenvalue weighted by molar-refractivity contribution is 0.102. The highest BCUT2D eigenvalue weighted by Gasteiger charge is 2.44. The van der Waals surface area contributed by atoms with Crippen LogP contribution < -0.4 is 5.32 Å². The summed E-state index contributed by atoms with van der Waals surface area (Å²) in [7, 11) is 0. The molecule has 130 valence electrons. The van der Waals surface area contributed by atoms with Crippen LogP contribution in [-0.2, 0) is 0 Å². The molecule has 1 N–H and O–H groups in total. The van der Waals surface area contributed by atoms with Gasteiger partial charge in [-0.25, -0.2) is 4.68 Å². The van der Waals surface area contributed by atoms with E-state index in [-0.39, 0.29) is 5.91 Å². The van der Waals surface area contributed by atoms with Gasteiger partial charge in [0.1, 0.15) is 0 Å². The Kier molecular flexibility index (Phi) is 3.61. The van der Waals surface area contributed by atoms with E-state index in [4.69, 9.17) is 16.7 Å². The Bertz CT molecular complexity index is 978. The minimum atomic E-state index is -0.132. The Balaban J connectivity index is 1.58. The van der Waals surface area contributed by atoms with Crippen LogP contribution >= 0.6 is 11.6 Å². The number of hydrogen-bond acceptors (Lipinski definition) is 2. The highest BCUT2D eigenvalue weighted by atomic mass is 35.5. The maximum atomic E-state index is 12.9. The molecule has 2 aliphatic carbocycles. The number of carbonyl (C=O) groups excluding carboxylic acids is 1. The van der Waals surface area contributed by atoms with E-state index in [1.54, 1.807) is 0 Å². The van der Waals surface area contributed by atoms with E-state index in [1.807, 2.05) is 59.3 Å². The zero-order valence-corrected chi connectivity index (χ0v) is 14.9. The molecule has 0 unspecified atom stereocenters. The van der Waals surface area contributed by atoms with E-state index in [1.165, 1.54) is 12.1 Å². The second-order valence-corrected chi connectivity index (χ2v) is 7.50. The third-order valence-corrected chi connectivity index (χ3v) is 5.76. The number of benzene rings is 2. The van der Waals surface area contributed by atoms with Gasteiger partial charge in [-0.05, 0) is 61.6 Å². The predicted molar refractivity (Wildman–Crippen MR) is 102 cm³/mol. The summed E-state index contributed by atoms with van der Waals surface area (Å²) in [5.74, 6) is 0.816. The monoisotopic (exact) mass is 363 g/mol. The van der Waals surface area contributed by atoms with Crippen molar-refractivity contribution in [2.24, 2.45) is 0 Å². The van der Waals surface area contributed by atoms with Gasteiger partial charge in [-0.3, -0.25) is 4.79 Å². The molecule has 0 aliphatic heterocycles. The van der Waals surface area contributed by atoms with E-state index < -0.39 is 0 Å². The first-order chi connectivity index (χ1) is 12.7. The van der Waals surface area contributed by atoms with Crippen LogP contribution in [0.1, 0.15) is 52.8 Å². The lowest BCUT2D eigenvalue weighted by Crippen LogP contribution is -2.15. The fourth-order valence-electron chi connectivity index (χ4n) is 4.39. The second-order valence-electron chi connectivity index (χ2n) is 7.06. The van der Waals surface area contributed by atoms with E-state index >= 15 is 0 Å². The maximum absolute atomic E-state index is 12.9. The second kappa shape index (κ2) is 5.99. The van der Waals surface area contributed by atoms with E-state index in [2.05, 4.69) is 5.32 Å². The molecule has 4 nitrogen and oxygen atoms in total. The average Bonchev–Trinajstić information content (AvgIpc) is 3.36. The fraction of sp³-hybridized carbons (Fsp3) is 0.238. The summed E-state index contributed by atoms with van der Waals surface area (Å²) in [5, 5.41) is 8.41. The van der Waals surface area contributed by atoms with E-state index in [0.717, 1.165) is 29.8 Å². The Labute approximate surface area is 156 Å². The van der Waals surface area contributed by atoms with Crippen LogP contribution in [0.5, 0.6) is 0 Å². The number of hydrogen-bond donors (Lipinski definition) is 1. The van der Waals surface area contributed by atoms with Crippen LogP contribution in [0.3, 0.4) is 0 Å². The molecule has 0 saturated heterocycles. The molecule has 3 aromatic rings. The summed E-state index contributed by atoms with van der Waals surface area (Å²) in [6.07, 6.45) is 3.46. The molecule has 2 aliphatic rings. The molecule has 1 saturated carbocycles. The zero-order chi connectivity index (χ0) is 17.7. The summed E-state index contributed by atoms with van der Waals surface area (Å²) in [4.78, 5) is 12.9. The number of nitrogens with one attached hydrogen (secondary N) is 1. The number of para-hydroxylation sites is 1. The summed E-state index contributed by atoms with van der Waals surface area (Å²) in [6.45, 7) is 0. The van der Waals surface area contributed by atoms with Crippen LogP contribution in [0.25, 0.3) is 5.69 Å². The Morgan fingerprint density at radius 3 is 2.54 bits per heavy atom. The number of halogens is 1. The standard InChI is InChI=1S/C21H18ClN3O/c22-15-8-10-17(11-9-15)25-20-14-7-6-13(12-14)18(20)19(24-25)21(26)23-16-4-2-1-3-5-16/h1-5,8-11,13-14H,6-7,12H2,(H,23,26)/t13-,14-/m0/s1. The van der Waals surface area contributed by atoms with Crippen LogP contribution in [0, 0.1) is 0 Å². The van der Waals surface area contributed by atoms with Crippen LogP contribution in [0.4, 0.5) is 5.69 Å². The SMILES string of the molecule is O=C(Nc1ccccc1)c1nn(-c2ccc(Cl)cc2)c2c1[C@H]1CC[C@H]2C1. The first-order valence-corrected chi connectivity index (χ1v) is 9.33. The van der Waals surface area contributed by atoms with Gasteiger partial charge in [-0.1, -0.05) is 29.8 Å². The molecule has 5 rings (SSSR count). The van der Waals surface area contributed by atoms with Gasteiger partial charge in [0, 0.05) is 22.2 Å². The van der Waals surface area contributed by atoms with E-state index in [9.17, 15) is 4.79 Å². The first kappa shape index (κ1) is 15.6. The summed E-state index contributed by atoms with van der Waals surface area (Å²) >= 11 is 6.03. The maximum Gasteiger partial charge on any atom is 0.276 e. The average molecular weight is 364 g/mol. The van der Waals surface area contributed by atoms with Gasteiger partial charge in [0.05, 0.1) is 11.4 Å². The smallest absolute Gasteiger partial charge is 0.276 e. The molecule has 1 heterocycles. The number of anilines is 1. The molecule has 0 spiro atoms. The van der Waals surface area contributed by atoms with Crippen LogP contribution in [-0.4, -0.2) is 15.7 Å². The minimum absolute atomic E-state index is 0.132. The highest BCUT2D eigenvalue weighted by Crippen LogP contribution is 2.54. The molecule has 1 aromatic heterocycles. The number of nitrogens with zero attached hydrogens (tertiary/aromatic N) is 2. The predicted octanol–water partition coefficient (Wildman–Crippen LogP) is 5.14.